The number of nitrogens with zero attached hydrogens (tertiary/aromatic N) is 1. The lowest BCUT2D eigenvalue weighted by Crippen LogP contribution is -2.34. The maximum atomic E-state index is 12.2. The number of hydrogen-bond acceptors (Lipinski definition) is 7. The van der Waals surface area contributed by atoms with E-state index in [2.05, 4.69) is 4.98 Å². The van der Waals surface area contributed by atoms with Gasteiger partial charge in [-0.3, -0.25) is 9.59 Å². The van der Waals surface area contributed by atoms with E-state index in [1.165, 1.54) is 16.7 Å². The fraction of sp³-hybridized carbons (Fsp3) is 0.353. The number of fused-ring (bicyclic) bond motifs is 1. The number of ether oxygens (including phenoxy) is 1. The molecule has 1 N–H and O–H groups in total. The SMILES string of the molecule is Cc1nc(S(=O)(=O)NC(=O)COc2ccc(C)c3c2C(=O)CC3C)cs1. The van der Waals surface area contributed by atoms with Crippen LogP contribution in [0.25, 0.3) is 0 Å². The molecule has 1 amide bonds. The quantitative estimate of drug-likeness (QED) is 0.835. The molecule has 0 saturated heterocycles. The van der Waals surface area contributed by atoms with Gasteiger partial charge in [-0.25, -0.2) is 9.71 Å². The molecule has 0 radical (unpaired) electrons. The van der Waals surface area contributed by atoms with E-state index in [-0.39, 0.29) is 16.7 Å². The van der Waals surface area contributed by atoms with E-state index < -0.39 is 22.5 Å². The average Bonchev–Trinajstić information content (AvgIpc) is 3.11. The van der Waals surface area contributed by atoms with E-state index >= 15 is 0 Å². The van der Waals surface area contributed by atoms with Crippen molar-refractivity contribution in [2.45, 2.75) is 38.1 Å². The highest BCUT2D eigenvalue weighted by molar-refractivity contribution is 7.90. The molecule has 0 bridgehead atoms. The molecular weight excluding hydrogens is 376 g/mol. The summed E-state index contributed by atoms with van der Waals surface area (Å²) in [6, 6.07) is 3.46. The minimum Gasteiger partial charge on any atom is -0.483 e. The number of hydrogen-bond donors (Lipinski definition) is 1. The number of thiazole rings is 1. The monoisotopic (exact) mass is 394 g/mol. The number of carbonyl (C=O) groups excluding carboxylic acids is 2. The number of amides is 1. The summed E-state index contributed by atoms with van der Waals surface area (Å²) in [4.78, 5) is 28.1. The lowest BCUT2D eigenvalue weighted by atomic mass is 9.97. The number of nitrogens with one attached hydrogen (secondary N) is 1. The van der Waals surface area contributed by atoms with Gasteiger partial charge < -0.3 is 4.74 Å². The van der Waals surface area contributed by atoms with Crippen LogP contribution in [0, 0.1) is 13.8 Å². The number of aryl methyl sites for hydroxylation is 2. The van der Waals surface area contributed by atoms with E-state index in [0.717, 1.165) is 11.1 Å². The number of Topliss-reactive ketones (excluding diaryl/α,β-unsaturated/α-hetero) is 1. The van der Waals surface area contributed by atoms with Crippen LogP contribution in [0.4, 0.5) is 0 Å². The Balaban J connectivity index is 1.72. The van der Waals surface area contributed by atoms with Crippen molar-refractivity contribution in [2.24, 2.45) is 0 Å². The zero-order chi connectivity index (χ0) is 19.1. The van der Waals surface area contributed by atoms with Crippen LogP contribution in [-0.2, 0) is 14.8 Å². The topological polar surface area (TPSA) is 102 Å². The largest absolute Gasteiger partial charge is 0.483 e. The molecule has 7 nitrogen and oxygen atoms in total. The highest BCUT2D eigenvalue weighted by Crippen LogP contribution is 2.40. The zero-order valence-corrected chi connectivity index (χ0v) is 16.2. The van der Waals surface area contributed by atoms with Crippen LogP contribution in [0.5, 0.6) is 5.75 Å². The van der Waals surface area contributed by atoms with Crippen molar-refractivity contribution in [2.75, 3.05) is 6.61 Å². The van der Waals surface area contributed by atoms with E-state index in [1.54, 1.807) is 13.0 Å². The first-order valence-corrected chi connectivity index (χ1v) is 10.3. The molecule has 0 aliphatic heterocycles. The molecule has 1 atom stereocenters. The minimum absolute atomic E-state index is 0.0304. The van der Waals surface area contributed by atoms with E-state index in [0.29, 0.717) is 22.7 Å². The molecule has 1 aromatic heterocycles. The Morgan fingerprint density at radius 2 is 2.12 bits per heavy atom. The van der Waals surface area contributed by atoms with Gasteiger partial charge in [-0.2, -0.15) is 8.42 Å². The third-order valence-corrected chi connectivity index (χ3v) is 6.35. The molecule has 1 aromatic carbocycles. The summed E-state index contributed by atoms with van der Waals surface area (Å²) in [6.45, 7) is 5.05. The Morgan fingerprint density at radius 1 is 1.38 bits per heavy atom. The van der Waals surface area contributed by atoms with Crippen molar-refractivity contribution in [1.82, 2.24) is 9.71 Å². The molecule has 1 aliphatic carbocycles. The number of aromatic nitrogens is 1. The van der Waals surface area contributed by atoms with E-state index in [4.69, 9.17) is 4.74 Å². The van der Waals surface area contributed by atoms with Crippen LogP contribution in [0.15, 0.2) is 22.5 Å². The van der Waals surface area contributed by atoms with Crippen LogP contribution in [0.1, 0.15) is 45.8 Å². The smallest absolute Gasteiger partial charge is 0.282 e. The first kappa shape index (κ1) is 18.5. The van der Waals surface area contributed by atoms with Crippen molar-refractivity contribution in [1.29, 1.82) is 0 Å². The van der Waals surface area contributed by atoms with Crippen molar-refractivity contribution in [3.8, 4) is 5.75 Å². The van der Waals surface area contributed by atoms with Gasteiger partial charge in [-0.05, 0) is 37.0 Å². The maximum Gasteiger partial charge on any atom is 0.282 e. The molecule has 1 unspecified atom stereocenters. The zero-order valence-electron chi connectivity index (χ0n) is 14.5. The van der Waals surface area contributed by atoms with Crippen LogP contribution in [0.2, 0.25) is 0 Å². The standard InChI is InChI=1S/C17H18N2O5S2/c1-9-4-5-13(17-12(20)6-10(2)16(9)17)24-7-14(21)19-26(22,23)15-8-25-11(3)18-15/h4-5,8,10H,6-7H2,1-3H3,(H,19,21). The number of rotatable bonds is 5. The van der Waals surface area contributed by atoms with Gasteiger partial charge in [0.25, 0.3) is 15.9 Å². The molecule has 9 heteroatoms. The molecule has 0 spiro atoms. The van der Waals surface area contributed by atoms with Crippen molar-refractivity contribution in [3.05, 3.63) is 39.2 Å². The summed E-state index contributed by atoms with van der Waals surface area (Å²) < 4.78 is 31.6. The van der Waals surface area contributed by atoms with Crippen molar-refractivity contribution < 1.29 is 22.7 Å². The number of sulfonamides is 1. The molecule has 2 aromatic rings. The Morgan fingerprint density at radius 3 is 2.77 bits per heavy atom. The lowest BCUT2D eigenvalue weighted by molar-refractivity contribution is -0.121. The fourth-order valence-electron chi connectivity index (χ4n) is 3.07. The summed E-state index contributed by atoms with van der Waals surface area (Å²) in [5.41, 5.74) is 2.42. The average molecular weight is 394 g/mol. The van der Waals surface area contributed by atoms with Gasteiger partial charge in [0, 0.05) is 11.8 Å². The number of benzene rings is 1. The second-order valence-electron chi connectivity index (χ2n) is 6.22. The third kappa shape index (κ3) is 3.49. The van der Waals surface area contributed by atoms with Gasteiger partial charge in [-0.15, -0.1) is 11.3 Å². The highest BCUT2D eigenvalue weighted by Gasteiger charge is 2.31. The second kappa shape index (κ2) is 6.81. The normalized spacial score (nSPS) is 16.4. The molecule has 138 valence electrons. The minimum atomic E-state index is -4.03. The predicted molar refractivity (Wildman–Crippen MR) is 96.2 cm³/mol. The van der Waals surface area contributed by atoms with Crippen molar-refractivity contribution in [3.63, 3.8) is 0 Å². The lowest BCUT2D eigenvalue weighted by Gasteiger charge is -2.13. The molecule has 3 rings (SSSR count). The fourth-order valence-corrected chi connectivity index (χ4v) is 4.98. The maximum absolute atomic E-state index is 12.2. The molecule has 26 heavy (non-hydrogen) atoms. The summed E-state index contributed by atoms with van der Waals surface area (Å²) in [7, 11) is -4.03. The Hall–Kier alpha value is -2.26. The predicted octanol–water partition coefficient (Wildman–Crippen LogP) is 2.33. The van der Waals surface area contributed by atoms with Crippen LogP contribution in [-0.4, -0.2) is 31.7 Å². The highest BCUT2D eigenvalue weighted by atomic mass is 32.2. The molecule has 1 aliphatic rings. The van der Waals surface area contributed by atoms with Crippen molar-refractivity contribution >= 4 is 33.1 Å². The molecular formula is C17H18N2O5S2. The van der Waals surface area contributed by atoms with Gasteiger partial charge in [0.1, 0.15) is 5.75 Å². The first-order chi connectivity index (χ1) is 12.2. The summed E-state index contributed by atoms with van der Waals surface area (Å²) >= 11 is 1.17. The van der Waals surface area contributed by atoms with E-state index in [1.807, 2.05) is 24.6 Å². The Bertz CT molecular complexity index is 995. The van der Waals surface area contributed by atoms with Crippen LogP contribution >= 0.6 is 11.3 Å². The van der Waals surface area contributed by atoms with Gasteiger partial charge in [0.05, 0.1) is 10.6 Å². The number of ketones is 1. The van der Waals surface area contributed by atoms with Gasteiger partial charge in [-0.1, -0.05) is 13.0 Å². The summed E-state index contributed by atoms with van der Waals surface area (Å²) in [5, 5.41) is 1.74. The third-order valence-electron chi connectivity index (χ3n) is 4.17. The van der Waals surface area contributed by atoms with Crippen LogP contribution in [0.3, 0.4) is 0 Å². The molecule has 1 heterocycles. The molecule has 0 fully saturated rings. The first-order valence-electron chi connectivity index (χ1n) is 7.96. The Labute approximate surface area is 155 Å². The summed E-state index contributed by atoms with van der Waals surface area (Å²) in [5.74, 6) is -0.458. The second-order valence-corrected chi connectivity index (χ2v) is 8.91. The van der Waals surface area contributed by atoms with Gasteiger partial charge in [0.2, 0.25) is 0 Å². The summed E-state index contributed by atoms with van der Waals surface area (Å²) in [6.07, 6.45) is 0.403. The van der Waals surface area contributed by atoms with Gasteiger partial charge in [0.15, 0.2) is 17.4 Å². The van der Waals surface area contributed by atoms with E-state index in [9.17, 15) is 18.0 Å². The van der Waals surface area contributed by atoms with Crippen LogP contribution < -0.4 is 9.46 Å². The van der Waals surface area contributed by atoms with Gasteiger partial charge >= 0.3 is 0 Å². The molecule has 0 saturated carbocycles. The Kier molecular flexibility index (Phi) is 4.85. The number of carbonyl (C=O) groups is 2.